The first kappa shape index (κ1) is 15.0. The van der Waals surface area contributed by atoms with E-state index in [1.807, 2.05) is 29.7 Å². The van der Waals surface area contributed by atoms with E-state index in [2.05, 4.69) is 41.7 Å². The first-order valence-electron chi connectivity index (χ1n) is 7.58. The number of hydrogen-bond acceptors (Lipinski definition) is 5. The lowest BCUT2D eigenvalue weighted by Crippen LogP contribution is -2.30. The first-order valence-corrected chi connectivity index (χ1v) is 9.28. The molecule has 3 rings (SSSR count). The minimum absolute atomic E-state index is 0.476. The third-order valence-electron chi connectivity index (χ3n) is 4.06. The summed E-state index contributed by atoms with van der Waals surface area (Å²) in [6.45, 7) is 3.23. The van der Waals surface area contributed by atoms with E-state index in [1.54, 1.807) is 0 Å². The molecule has 0 radical (unpaired) electrons. The van der Waals surface area contributed by atoms with Crippen LogP contribution in [0, 0.1) is 0 Å². The van der Waals surface area contributed by atoms with Crippen molar-refractivity contribution in [1.82, 2.24) is 10.3 Å². The molecule has 1 fully saturated rings. The Balaban J connectivity index is 1.74. The quantitative estimate of drug-likeness (QED) is 0.839. The van der Waals surface area contributed by atoms with Gasteiger partial charge >= 0.3 is 0 Å². The second-order valence-electron chi connectivity index (χ2n) is 5.85. The van der Waals surface area contributed by atoms with Gasteiger partial charge in [-0.3, -0.25) is 0 Å². The Morgan fingerprint density at radius 1 is 1.48 bits per heavy atom. The molecule has 0 spiro atoms. The minimum atomic E-state index is 0.476. The molecule has 5 heteroatoms. The number of nitrogens with zero attached hydrogens (tertiary/aromatic N) is 2. The van der Waals surface area contributed by atoms with E-state index in [0.717, 1.165) is 18.9 Å². The molecule has 0 aromatic carbocycles. The summed E-state index contributed by atoms with van der Waals surface area (Å²) in [6, 6.07) is 4.83. The van der Waals surface area contributed by atoms with Gasteiger partial charge in [-0.2, -0.15) is 0 Å². The number of thiazole rings is 1. The molecule has 1 N–H and O–H groups in total. The summed E-state index contributed by atoms with van der Waals surface area (Å²) in [5.74, 6) is 0.722. The van der Waals surface area contributed by atoms with Crippen molar-refractivity contribution in [2.75, 3.05) is 19.0 Å². The summed E-state index contributed by atoms with van der Waals surface area (Å²) >= 11 is 3.70. The van der Waals surface area contributed by atoms with Gasteiger partial charge in [0.25, 0.3) is 0 Å². The molecule has 21 heavy (non-hydrogen) atoms. The Kier molecular flexibility index (Phi) is 4.62. The summed E-state index contributed by atoms with van der Waals surface area (Å²) in [7, 11) is 4.19. The van der Waals surface area contributed by atoms with Gasteiger partial charge < -0.3 is 10.2 Å². The second kappa shape index (κ2) is 6.46. The largest absolute Gasteiger partial charge is 0.348 e. The molecule has 1 aliphatic rings. The van der Waals surface area contributed by atoms with Crippen LogP contribution in [0.1, 0.15) is 41.1 Å². The third-order valence-corrected chi connectivity index (χ3v) is 6.12. The van der Waals surface area contributed by atoms with Gasteiger partial charge in [-0.1, -0.05) is 6.07 Å². The molecule has 2 aromatic heterocycles. The van der Waals surface area contributed by atoms with Crippen molar-refractivity contribution in [2.24, 2.45) is 0 Å². The third kappa shape index (κ3) is 3.47. The van der Waals surface area contributed by atoms with Gasteiger partial charge in [-0.05, 0) is 38.3 Å². The zero-order valence-corrected chi connectivity index (χ0v) is 14.6. The molecule has 2 aromatic rings. The van der Waals surface area contributed by atoms with Crippen LogP contribution in [0.5, 0.6) is 0 Å². The Morgan fingerprint density at radius 2 is 2.29 bits per heavy atom. The van der Waals surface area contributed by atoms with Gasteiger partial charge in [0, 0.05) is 41.7 Å². The SMILES string of the molecule is CNCc1sc(N(C)C(C)Cc2cccs2)nc1C1CC1. The van der Waals surface area contributed by atoms with Crippen molar-refractivity contribution >= 4 is 27.8 Å². The van der Waals surface area contributed by atoms with Crippen LogP contribution in [0.15, 0.2) is 17.5 Å². The monoisotopic (exact) mass is 321 g/mol. The highest BCUT2D eigenvalue weighted by Gasteiger charge is 2.30. The highest BCUT2D eigenvalue weighted by atomic mass is 32.1. The van der Waals surface area contributed by atoms with Crippen LogP contribution in [0.2, 0.25) is 0 Å². The number of nitrogens with one attached hydrogen (secondary N) is 1. The van der Waals surface area contributed by atoms with Crippen LogP contribution in [-0.4, -0.2) is 25.1 Å². The normalized spacial score (nSPS) is 16.1. The van der Waals surface area contributed by atoms with Gasteiger partial charge in [0.2, 0.25) is 0 Å². The Hall–Kier alpha value is -0.910. The lowest BCUT2D eigenvalue weighted by atomic mass is 10.2. The molecular formula is C16H23N3S2. The van der Waals surface area contributed by atoms with E-state index in [-0.39, 0.29) is 0 Å². The van der Waals surface area contributed by atoms with Crippen LogP contribution in [0.4, 0.5) is 5.13 Å². The maximum Gasteiger partial charge on any atom is 0.185 e. The number of aromatic nitrogens is 1. The Morgan fingerprint density at radius 3 is 2.90 bits per heavy atom. The van der Waals surface area contributed by atoms with Gasteiger partial charge in [-0.15, -0.1) is 22.7 Å². The smallest absolute Gasteiger partial charge is 0.185 e. The van der Waals surface area contributed by atoms with Crippen LogP contribution < -0.4 is 10.2 Å². The Bertz CT molecular complexity index is 572. The van der Waals surface area contributed by atoms with E-state index in [9.17, 15) is 0 Å². The molecule has 2 heterocycles. The number of rotatable bonds is 7. The molecule has 0 bridgehead atoms. The molecule has 114 valence electrons. The van der Waals surface area contributed by atoms with Crippen LogP contribution in [-0.2, 0) is 13.0 Å². The van der Waals surface area contributed by atoms with Gasteiger partial charge in [-0.25, -0.2) is 4.98 Å². The molecule has 3 nitrogen and oxygen atoms in total. The highest BCUT2D eigenvalue weighted by molar-refractivity contribution is 7.15. The zero-order chi connectivity index (χ0) is 14.8. The van der Waals surface area contributed by atoms with E-state index in [4.69, 9.17) is 4.98 Å². The van der Waals surface area contributed by atoms with Gasteiger partial charge in [0.05, 0.1) is 5.69 Å². The first-order chi connectivity index (χ1) is 10.2. The summed E-state index contributed by atoms with van der Waals surface area (Å²) in [6.07, 6.45) is 3.72. The van der Waals surface area contributed by atoms with Crippen molar-refractivity contribution in [3.05, 3.63) is 33.0 Å². The predicted octanol–water partition coefficient (Wildman–Crippen LogP) is 3.87. The van der Waals surface area contributed by atoms with Crippen LogP contribution in [0.3, 0.4) is 0 Å². The maximum absolute atomic E-state index is 4.95. The molecule has 0 aliphatic heterocycles. The van der Waals surface area contributed by atoms with Crippen molar-refractivity contribution in [2.45, 2.75) is 44.7 Å². The predicted molar refractivity (Wildman–Crippen MR) is 92.7 cm³/mol. The van der Waals surface area contributed by atoms with Crippen molar-refractivity contribution in [1.29, 1.82) is 0 Å². The molecule has 1 atom stereocenters. The fourth-order valence-corrected chi connectivity index (χ4v) is 4.56. The lowest BCUT2D eigenvalue weighted by molar-refractivity contribution is 0.685. The number of thiophene rings is 1. The maximum atomic E-state index is 4.95. The van der Waals surface area contributed by atoms with Crippen molar-refractivity contribution in [3.63, 3.8) is 0 Å². The molecule has 0 amide bonds. The van der Waals surface area contributed by atoms with Crippen molar-refractivity contribution < 1.29 is 0 Å². The number of hydrogen-bond donors (Lipinski definition) is 1. The topological polar surface area (TPSA) is 28.2 Å². The van der Waals surface area contributed by atoms with E-state index in [0.29, 0.717) is 6.04 Å². The van der Waals surface area contributed by atoms with Gasteiger partial charge in [0.15, 0.2) is 5.13 Å². The second-order valence-corrected chi connectivity index (χ2v) is 7.95. The molecule has 1 unspecified atom stereocenters. The Labute approximate surface area is 135 Å². The number of likely N-dealkylation sites (N-methyl/N-ethyl adjacent to an activating group) is 1. The zero-order valence-electron chi connectivity index (χ0n) is 12.9. The van der Waals surface area contributed by atoms with Gasteiger partial charge in [0.1, 0.15) is 0 Å². The fourth-order valence-electron chi connectivity index (χ4n) is 2.51. The average molecular weight is 322 g/mol. The standard InChI is InChI=1S/C16H23N3S2/c1-11(9-13-5-4-8-20-13)19(3)16-18-15(12-6-7-12)14(21-16)10-17-2/h4-5,8,11-12,17H,6-7,9-10H2,1-3H3. The highest BCUT2D eigenvalue weighted by Crippen LogP contribution is 2.44. The molecule has 1 saturated carbocycles. The van der Waals surface area contributed by atoms with Crippen molar-refractivity contribution in [3.8, 4) is 0 Å². The lowest BCUT2D eigenvalue weighted by Gasteiger charge is -2.23. The minimum Gasteiger partial charge on any atom is -0.348 e. The summed E-state index contributed by atoms with van der Waals surface area (Å²) < 4.78 is 0. The average Bonchev–Trinajstić information content (AvgIpc) is 3.03. The summed E-state index contributed by atoms with van der Waals surface area (Å²) in [5, 5.41) is 6.61. The fraction of sp³-hybridized carbons (Fsp3) is 0.562. The van der Waals surface area contributed by atoms with Crippen LogP contribution in [0.25, 0.3) is 0 Å². The van der Waals surface area contributed by atoms with E-state index >= 15 is 0 Å². The molecular weight excluding hydrogens is 298 g/mol. The van der Waals surface area contributed by atoms with E-state index < -0.39 is 0 Å². The summed E-state index contributed by atoms with van der Waals surface area (Å²) in [4.78, 5) is 10.2. The van der Waals surface area contributed by atoms with Crippen LogP contribution >= 0.6 is 22.7 Å². The molecule has 0 saturated heterocycles. The molecule has 1 aliphatic carbocycles. The van der Waals surface area contributed by atoms with E-state index in [1.165, 1.54) is 33.4 Å². The number of anilines is 1. The summed E-state index contributed by atoms with van der Waals surface area (Å²) in [5.41, 5.74) is 1.35.